The molecule has 2 amide bonds. The number of nitrogens with one attached hydrogen (secondary N) is 1. The highest BCUT2D eigenvalue weighted by Gasteiger charge is 2.34. The zero-order valence-electron chi connectivity index (χ0n) is 27.0. The Morgan fingerprint density at radius 2 is 1.48 bits per heavy atom. The summed E-state index contributed by atoms with van der Waals surface area (Å²) in [5.41, 5.74) is 3.95. The van der Waals surface area contributed by atoms with Crippen molar-refractivity contribution in [3.05, 3.63) is 125 Å². The molecule has 0 aliphatic carbocycles. The fraction of sp³-hybridized carbons (Fsp3) is 0.297. The van der Waals surface area contributed by atoms with Crippen LogP contribution in [0.3, 0.4) is 0 Å². The molecule has 8 nitrogen and oxygen atoms in total. The summed E-state index contributed by atoms with van der Waals surface area (Å²) in [4.78, 5) is 29.9. The van der Waals surface area contributed by atoms with Gasteiger partial charge in [-0.25, -0.2) is 8.42 Å². The molecule has 0 radical (unpaired) electrons. The maximum atomic E-state index is 14.5. The topological polar surface area (TPSA) is 96.0 Å². The number of nitrogens with zero attached hydrogens (tertiary/aromatic N) is 2. The normalized spacial score (nSPS) is 11.8. The third-order valence-electron chi connectivity index (χ3n) is 7.58. The van der Waals surface area contributed by atoms with E-state index in [2.05, 4.69) is 5.32 Å². The van der Waals surface area contributed by atoms with E-state index >= 15 is 0 Å². The van der Waals surface area contributed by atoms with Crippen LogP contribution in [0.4, 0.5) is 5.69 Å². The summed E-state index contributed by atoms with van der Waals surface area (Å²) in [5.74, 6) is -0.207. The fourth-order valence-corrected chi connectivity index (χ4v) is 6.58. The molecule has 0 saturated heterocycles. The molecule has 0 aliphatic heterocycles. The SMILES string of the molecule is CCCNC(=O)[C@H](Cc1ccccc1)N(Cc1cccc(C)c1)C(=O)CN(c1ccc(OCC)cc1)S(=O)(=O)c1ccc(C)cc1. The van der Waals surface area contributed by atoms with Crippen molar-refractivity contribution in [2.75, 3.05) is 24.0 Å². The number of aryl methyl sites for hydroxylation is 2. The Hall–Kier alpha value is -4.63. The first-order valence-corrected chi connectivity index (χ1v) is 17.0. The second-order valence-electron chi connectivity index (χ2n) is 11.3. The Kier molecular flexibility index (Phi) is 12.0. The second-order valence-corrected chi connectivity index (χ2v) is 13.1. The predicted molar refractivity (Wildman–Crippen MR) is 182 cm³/mol. The number of anilines is 1. The van der Waals surface area contributed by atoms with Crippen molar-refractivity contribution < 1.29 is 22.7 Å². The standard InChI is InChI=1S/C37H43N3O5S/c1-5-23-38-37(42)35(25-30-12-8-7-9-13-30)39(26-31-14-10-11-29(4)24-31)36(41)27-40(32-17-19-33(20-18-32)45-6-2)46(43,44)34-21-15-28(3)16-22-34/h7-22,24,35H,5-6,23,25-27H2,1-4H3,(H,38,42)/t35-/m0/s1. The van der Waals surface area contributed by atoms with Gasteiger partial charge in [-0.1, -0.05) is 84.8 Å². The minimum atomic E-state index is -4.18. The number of carbonyl (C=O) groups excluding carboxylic acids is 2. The summed E-state index contributed by atoms with van der Waals surface area (Å²) >= 11 is 0. The van der Waals surface area contributed by atoms with Gasteiger partial charge in [0.2, 0.25) is 11.8 Å². The molecule has 1 atom stereocenters. The van der Waals surface area contributed by atoms with Crippen LogP contribution >= 0.6 is 0 Å². The first-order valence-electron chi connectivity index (χ1n) is 15.6. The molecule has 242 valence electrons. The van der Waals surface area contributed by atoms with Crippen LogP contribution in [0.1, 0.15) is 42.5 Å². The Morgan fingerprint density at radius 3 is 2.11 bits per heavy atom. The molecule has 0 spiro atoms. The molecule has 1 N–H and O–H groups in total. The number of hydrogen-bond donors (Lipinski definition) is 1. The van der Waals surface area contributed by atoms with Crippen molar-refractivity contribution in [3.8, 4) is 5.75 Å². The number of sulfonamides is 1. The maximum Gasteiger partial charge on any atom is 0.264 e. The van der Waals surface area contributed by atoms with Gasteiger partial charge in [0.05, 0.1) is 17.2 Å². The molecule has 0 aromatic heterocycles. The van der Waals surface area contributed by atoms with Crippen molar-refractivity contribution in [1.82, 2.24) is 10.2 Å². The monoisotopic (exact) mass is 641 g/mol. The number of rotatable bonds is 15. The predicted octanol–water partition coefficient (Wildman–Crippen LogP) is 6.06. The van der Waals surface area contributed by atoms with E-state index in [4.69, 9.17) is 4.74 Å². The van der Waals surface area contributed by atoms with Crippen molar-refractivity contribution in [2.24, 2.45) is 0 Å². The number of hydrogen-bond acceptors (Lipinski definition) is 5. The van der Waals surface area contributed by atoms with E-state index in [0.29, 0.717) is 24.6 Å². The van der Waals surface area contributed by atoms with Crippen LogP contribution in [-0.4, -0.2) is 50.9 Å². The summed E-state index contributed by atoms with van der Waals surface area (Å²) in [7, 11) is -4.18. The first kappa shape index (κ1) is 34.2. The van der Waals surface area contributed by atoms with Gasteiger partial charge in [0.1, 0.15) is 18.3 Å². The fourth-order valence-electron chi connectivity index (χ4n) is 5.17. The van der Waals surface area contributed by atoms with Crippen LogP contribution in [0.15, 0.2) is 108 Å². The highest BCUT2D eigenvalue weighted by Crippen LogP contribution is 2.27. The molecule has 0 saturated carbocycles. The Balaban J connectivity index is 1.79. The van der Waals surface area contributed by atoms with Crippen molar-refractivity contribution in [2.45, 2.75) is 58.0 Å². The van der Waals surface area contributed by atoms with Crippen LogP contribution in [0.2, 0.25) is 0 Å². The van der Waals surface area contributed by atoms with Gasteiger partial charge in [0, 0.05) is 19.5 Å². The molecule has 0 unspecified atom stereocenters. The molecular weight excluding hydrogens is 598 g/mol. The number of benzene rings is 4. The van der Waals surface area contributed by atoms with Gasteiger partial charge in [-0.3, -0.25) is 13.9 Å². The highest BCUT2D eigenvalue weighted by molar-refractivity contribution is 7.92. The zero-order valence-corrected chi connectivity index (χ0v) is 27.8. The lowest BCUT2D eigenvalue weighted by Crippen LogP contribution is -2.53. The summed E-state index contributed by atoms with van der Waals surface area (Å²) in [6.07, 6.45) is 0.998. The van der Waals surface area contributed by atoms with E-state index in [1.807, 2.05) is 82.3 Å². The molecule has 4 aromatic rings. The molecule has 0 fully saturated rings. The number of carbonyl (C=O) groups is 2. The van der Waals surface area contributed by atoms with Gasteiger partial charge in [-0.05, 0) is 74.7 Å². The van der Waals surface area contributed by atoms with Gasteiger partial charge in [-0.15, -0.1) is 0 Å². The third kappa shape index (κ3) is 8.97. The molecule has 4 aromatic carbocycles. The number of amides is 2. The van der Waals surface area contributed by atoms with Crippen molar-refractivity contribution >= 4 is 27.5 Å². The Labute approximate surface area is 273 Å². The van der Waals surface area contributed by atoms with Crippen molar-refractivity contribution in [3.63, 3.8) is 0 Å². The van der Waals surface area contributed by atoms with E-state index in [1.165, 1.54) is 17.0 Å². The second kappa shape index (κ2) is 16.1. The van der Waals surface area contributed by atoms with E-state index in [-0.39, 0.29) is 23.8 Å². The Bertz CT molecular complexity index is 1690. The van der Waals surface area contributed by atoms with E-state index in [0.717, 1.165) is 33.0 Å². The largest absolute Gasteiger partial charge is 0.494 e. The van der Waals surface area contributed by atoms with Crippen LogP contribution in [-0.2, 0) is 32.6 Å². The molecular formula is C37H43N3O5S. The summed E-state index contributed by atoms with van der Waals surface area (Å²) in [6.45, 7) is 8.20. The molecule has 0 heterocycles. The van der Waals surface area contributed by atoms with Crippen LogP contribution in [0.25, 0.3) is 0 Å². The lowest BCUT2D eigenvalue weighted by atomic mass is 10.0. The summed E-state index contributed by atoms with van der Waals surface area (Å²) in [5, 5.41) is 2.97. The highest BCUT2D eigenvalue weighted by atomic mass is 32.2. The average Bonchev–Trinajstić information content (AvgIpc) is 3.05. The van der Waals surface area contributed by atoms with Gasteiger partial charge in [-0.2, -0.15) is 0 Å². The quantitative estimate of drug-likeness (QED) is 0.170. The lowest BCUT2D eigenvalue weighted by Gasteiger charge is -2.34. The first-order chi connectivity index (χ1) is 22.1. The molecule has 9 heteroatoms. The third-order valence-corrected chi connectivity index (χ3v) is 9.37. The van der Waals surface area contributed by atoms with Gasteiger partial charge >= 0.3 is 0 Å². The molecule has 4 rings (SSSR count). The van der Waals surface area contributed by atoms with Crippen LogP contribution in [0.5, 0.6) is 5.75 Å². The van der Waals surface area contributed by atoms with Gasteiger partial charge < -0.3 is 15.0 Å². The van der Waals surface area contributed by atoms with E-state index < -0.39 is 28.5 Å². The summed E-state index contributed by atoms with van der Waals surface area (Å²) < 4.78 is 35.1. The van der Waals surface area contributed by atoms with Gasteiger partial charge in [0.15, 0.2) is 0 Å². The minimum absolute atomic E-state index is 0.0616. The average molecular weight is 642 g/mol. The zero-order chi connectivity index (χ0) is 33.1. The molecule has 0 bridgehead atoms. The maximum absolute atomic E-state index is 14.5. The molecule has 46 heavy (non-hydrogen) atoms. The lowest BCUT2D eigenvalue weighted by molar-refractivity contribution is -0.140. The van der Waals surface area contributed by atoms with E-state index in [1.54, 1.807) is 36.4 Å². The van der Waals surface area contributed by atoms with Crippen LogP contribution in [0, 0.1) is 13.8 Å². The number of ether oxygens (including phenoxy) is 1. The Morgan fingerprint density at radius 1 is 0.804 bits per heavy atom. The van der Waals surface area contributed by atoms with Gasteiger partial charge in [0.25, 0.3) is 10.0 Å². The molecule has 0 aliphatic rings. The summed E-state index contributed by atoms with van der Waals surface area (Å²) in [6, 6.07) is 29.5. The van der Waals surface area contributed by atoms with E-state index in [9.17, 15) is 18.0 Å². The van der Waals surface area contributed by atoms with Crippen LogP contribution < -0.4 is 14.4 Å². The minimum Gasteiger partial charge on any atom is -0.494 e. The smallest absolute Gasteiger partial charge is 0.264 e. The van der Waals surface area contributed by atoms with Crippen molar-refractivity contribution in [1.29, 1.82) is 0 Å².